The summed E-state index contributed by atoms with van der Waals surface area (Å²) in [6.07, 6.45) is 1.54. The molecule has 1 aliphatic heterocycles. The van der Waals surface area contributed by atoms with Gasteiger partial charge in [-0.15, -0.1) is 0 Å². The Hall–Kier alpha value is -3.79. The van der Waals surface area contributed by atoms with Gasteiger partial charge in [-0.05, 0) is 66.1 Å². The maximum atomic E-state index is 12.8. The van der Waals surface area contributed by atoms with Gasteiger partial charge in [-0.2, -0.15) is 0 Å². The van der Waals surface area contributed by atoms with Crippen molar-refractivity contribution in [2.75, 3.05) is 25.1 Å². The fourth-order valence-electron chi connectivity index (χ4n) is 3.23. The van der Waals surface area contributed by atoms with Crippen molar-refractivity contribution in [1.29, 1.82) is 0 Å². The third kappa shape index (κ3) is 6.86. The highest BCUT2D eigenvalue weighted by molar-refractivity contribution is 8.18. The first-order valence-electron chi connectivity index (χ1n) is 11.0. The van der Waals surface area contributed by atoms with Gasteiger partial charge >= 0.3 is 0 Å². The molecule has 0 aliphatic carbocycles. The minimum absolute atomic E-state index is 0.178. The van der Waals surface area contributed by atoms with Crippen molar-refractivity contribution < 1.29 is 28.7 Å². The highest BCUT2D eigenvalue weighted by atomic mass is 32.2. The van der Waals surface area contributed by atoms with Crippen molar-refractivity contribution in [3.63, 3.8) is 0 Å². The molecule has 0 unspecified atom stereocenters. The fourth-order valence-corrected chi connectivity index (χ4v) is 4.07. The summed E-state index contributed by atoms with van der Waals surface area (Å²) in [6, 6.07) is 12.3. The summed E-state index contributed by atoms with van der Waals surface area (Å²) >= 11 is 0.753. The zero-order chi connectivity index (χ0) is 25.5. The van der Waals surface area contributed by atoms with Crippen LogP contribution in [0.25, 0.3) is 6.08 Å². The maximum absolute atomic E-state index is 12.8. The Morgan fingerprint density at radius 2 is 1.80 bits per heavy atom. The predicted octanol–water partition coefficient (Wildman–Crippen LogP) is 3.75. The molecule has 3 N–H and O–H groups in total. The number of nitrogens with one attached hydrogen (secondary N) is 1. The molecule has 0 saturated carbocycles. The number of carbonyl (C=O) groups excluding carboxylic acids is 4. The van der Waals surface area contributed by atoms with Gasteiger partial charge in [0.15, 0.2) is 18.1 Å². The second-order valence-corrected chi connectivity index (χ2v) is 8.98. The number of thioether (sulfide) groups is 1. The highest BCUT2D eigenvalue weighted by Gasteiger charge is 2.36. The summed E-state index contributed by atoms with van der Waals surface area (Å²) in [6.45, 7) is 5.59. The van der Waals surface area contributed by atoms with Crippen molar-refractivity contribution in [1.82, 2.24) is 4.90 Å². The number of nitrogens with zero attached hydrogens (tertiary/aromatic N) is 1. The lowest BCUT2D eigenvalue weighted by molar-refractivity contribution is -0.127. The molecule has 1 heterocycles. The largest absolute Gasteiger partial charge is 0.490 e. The van der Waals surface area contributed by atoms with Crippen LogP contribution in [0, 0.1) is 0 Å². The van der Waals surface area contributed by atoms with Crippen LogP contribution < -0.4 is 20.5 Å². The van der Waals surface area contributed by atoms with Gasteiger partial charge in [-0.3, -0.25) is 24.1 Å². The molecule has 1 aliphatic rings. The average molecular weight is 498 g/mol. The minimum atomic E-state index is -0.623. The lowest BCUT2D eigenvalue weighted by Crippen LogP contribution is -2.36. The molecule has 2 aromatic rings. The average Bonchev–Trinajstić information content (AvgIpc) is 3.06. The van der Waals surface area contributed by atoms with E-state index in [1.165, 1.54) is 6.08 Å². The standard InChI is InChI=1S/C25H27N3O6S/c1-4-33-20-11-16(5-10-19(20)34-14-22(26)29)12-21-24(31)28(25(32)35-21)13-23(30)27-18-8-6-17(7-9-18)15(2)3/h5-12,15H,4,13-14H2,1-3H3,(H2,26,29)(H,27,30)/b21-12-. The third-order valence-corrected chi connectivity index (χ3v) is 5.88. The van der Waals surface area contributed by atoms with E-state index in [4.69, 9.17) is 15.2 Å². The van der Waals surface area contributed by atoms with E-state index >= 15 is 0 Å². The van der Waals surface area contributed by atoms with Gasteiger partial charge in [0.05, 0.1) is 11.5 Å². The van der Waals surface area contributed by atoms with Gasteiger partial charge in [-0.25, -0.2) is 0 Å². The molecule has 0 aromatic heterocycles. The van der Waals surface area contributed by atoms with Crippen molar-refractivity contribution in [3.8, 4) is 11.5 Å². The molecule has 2 aromatic carbocycles. The van der Waals surface area contributed by atoms with Crippen molar-refractivity contribution >= 4 is 46.5 Å². The number of imide groups is 1. The summed E-state index contributed by atoms with van der Waals surface area (Å²) in [5, 5.41) is 2.18. The van der Waals surface area contributed by atoms with E-state index in [-0.39, 0.29) is 11.5 Å². The molecule has 0 atom stereocenters. The first-order valence-corrected chi connectivity index (χ1v) is 11.8. The van der Waals surface area contributed by atoms with Crippen LogP contribution in [-0.2, 0) is 14.4 Å². The second-order valence-electron chi connectivity index (χ2n) is 7.99. The number of carbonyl (C=O) groups is 4. The number of rotatable bonds is 10. The first-order chi connectivity index (χ1) is 16.7. The molecular formula is C25H27N3O6S. The molecule has 35 heavy (non-hydrogen) atoms. The van der Waals surface area contributed by atoms with E-state index in [1.54, 1.807) is 37.3 Å². The van der Waals surface area contributed by atoms with Gasteiger partial charge in [0.1, 0.15) is 6.54 Å². The summed E-state index contributed by atoms with van der Waals surface area (Å²) < 4.78 is 10.9. The molecule has 184 valence electrons. The Balaban J connectivity index is 1.69. The summed E-state index contributed by atoms with van der Waals surface area (Å²) in [5.74, 6) is -0.594. The predicted molar refractivity (Wildman–Crippen MR) is 134 cm³/mol. The van der Waals surface area contributed by atoms with Crippen LogP contribution in [-0.4, -0.2) is 47.6 Å². The number of benzene rings is 2. The van der Waals surface area contributed by atoms with E-state index in [0.717, 1.165) is 22.2 Å². The third-order valence-electron chi connectivity index (χ3n) is 4.97. The fraction of sp³-hybridized carbons (Fsp3) is 0.280. The lowest BCUT2D eigenvalue weighted by atomic mass is 10.0. The van der Waals surface area contributed by atoms with Crippen LogP contribution in [0.5, 0.6) is 11.5 Å². The summed E-state index contributed by atoms with van der Waals surface area (Å²) in [7, 11) is 0. The van der Waals surface area contributed by atoms with Gasteiger partial charge in [0, 0.05) is 5.69 Å². The second kappa shape index (κ2) is 11.6. The number of hydrogen-bond donors (Lipinski definition) is 2. The Morgan fingerprint density at radius 1 is 1.09 bits per heavy atom. The maximum Gasteiger partial charge on any atom is 0.294 e. The number of amides is 4. The van der Waals surface area contributed by atoms with Gasteiger partial charge in [0.2, 0.25) is 5.91 Å². The Bertz CT molecular complexity index is 1160. The molecule has 1 fully saturated rings. The Labute approximate surface area is 207 Å². The molecule has 0 bridgehead atoms. The minimum Gasteiger partial charge on any atom is -0.490 e. The summed E-state index contributed by atoms with van der Waals surface area (Å²) in [4.78, 5) is 49.8. The van der Waals surface area contributed by atoms with Crippen LogP contribution >= 0.6 is 11.8 Å². The number of primary amides is 1. The Kier molecular flexibility index (Phi) is 8.53. The van der Waals surface area contributed by atoms with Crippen molar-refractivity contribution in [2.24, 2.45) is 5.73 Å². The zero-order valence-electron chi connectivity index (χ0n) is 19.7. The molecule has 10 heteroatoms. The van der Waals surface area contributed by atoms with Crippen LogP contribution in [0.2, 0.25) is 0 Å². The topological polar surface area (TPSA) is 128 Å². The quantitative estimate of drug-likeness (QED) is 0.479. The number of anilines is 1. The first kappa shape index (κ1) is 25.8. The molecule has 0 spiro atoms. The van der Waals surface area contributed by atoms with Crippen LogP contribution in [0.3, 0.4) is 0 Å². The SMILES string of the molecule is CCOc1cc(/C=C2\SC(=O)N(CC(=O)Nc3ccc(C(C)C)cc3)C2=O)ccc1OCC(N)=O. The van der Waals surface area contributed by atoms with E-state index in [0.29, 0.717) is 35.3 Å². The van der Waals surface area contributed by atoms with Gasteiger partial charge in [0.25, 0.3) is 17.1 Å². The summed E-state index contributed by atoms with van der Waals surface area (Å²) in [5.41, 5.74) is 7.43. The number of nitrogens with two attached hydrogens (primary N) is 1. The molecule has 4 amide bonds. The monoisotopic (exact) mass is 497 g/mol. The Morgan fingerprint density at radius 3 is 2.43 bits per heavy atom. The van der Waals surface area contributed by atoms with Crippen LogP contribution in [0.15, 0.2) is 47.4 Å². The molecular weight excluding hydrogens is 470 g/mol. The lowest BCUT2D eigenvalue weighted by Gasteiger charge is -2.13. The molecule has 0 radical (unpaired) electrons. The molecule has 3 rings (SSSR count). The number of ether oxygens (including phenoxy) is 2. The zero-order valence-corrected chi connectivity index (χ0v) is 20.5. The normalized spacial score (nSPS) is 14.5. The van der Waals surface area contributed by atoms with E-state index < -0.39 is 29.5 Å². The van der Waals surface area contributed by atoms with E-state index in [1.807, 2.05) is 12.1 Å². The van der Waals surface area contributed by atoms with E-state index in [9.17, 15) is 19.2 Å². The molecule has 1 saturated heterocycles. The van der Waals surface area contributed by atoms with Crippen LogP contribution in [0.4, 0.5) is 10.5 Å². The van der Waals surface area contributed by atoms with Crippen molar-refractivity contribution in [3.05, 3.63) is 58.5 Å². The van der Waals surface area contributed by atoms with E-state index in [2.05, 4.69) is 19.2 Å². The molecule has 9 nitrogen and oxygen atoms in total. The highest BCUT2D eigenvalue weighted by Crippen LogP contribution is 2.34. The van der Waals surface area contributed by atoms with Gasteiger partial charge in [-0.1, -0.05) is 32.0 Å². The number of hydrogen-bond acceptors (Lipinski definition) is 7. The van der Waals surface area contributed by atoms with Gasteiger partial charge < -0.3 is 20.5 Å². The smallest absolute Gasteiger partial charge is 0.294 e. The van der Waals surface area contributed by atoms with Crippen molar-refractivity contribution in [2.45, 2.75) is 26.7 Å². The van der Waals surface area contributed by atoms with Crippen LogP contribution in [0.1, 0.15) is 37.8 Å².